The molecule has 1 aromatic rings. The van der Waals surface area contributed by atoms with Crippen molar-refractivity contribution in [1.29, 1.82) is 0 Å². The highest BCUT2D eigenvalue weighted by Gasteiger charge is 2.23. The van der Waals surface area contributed by atoms with Gasteiger partial charge in [-0.05, 0) is 6.07 Å². The van der Waals surface area contributed by atoms with Crippen LogP contribution < -0.4 is 0 Å². The third-order valence-corrected chi connectivity index (χ3v) is 2.55. The van der Waals surface area contributed by atoms with Crippen LogP contribution in [0.5, 0.6) is 0 Å². The van der Waals surface area contributed by atoms with Crippen LogP contribution in [0.25, 0.3) is 0 Å². The van der Waals surface area contributed by atoms with Crippen LogP contribution in [0.4, 0.5) is 0 Å². The lowest BCUT2D eigenvalue weighted by molar-refractivity contribution is -0.187. The summed E-state index contributed by atoms with van der Waals surface area (Å²) in [5.41, 5.74) is 0.615. The Labute approximate surface area is 138 Å². The first-order valence-corrected chi connectivity index (χ1v) is 6.97. The minimum Gasteiger partial charge on any atom is -0.421 e. The SMILES string of the molecule is CC(=O)OC(OC(C)=O)c1cccc(C(OC(C)=O)OC(C)=O)c1. The molecule has 130 valence electrons. The van der Waals surface area contributed by atoms with Crippen LogP contribution in [0.3, 0.4) is 0 Å². The molecule has 0 unspecified atom stereocenters. The van der Waals surface area contributed by atoms with E-state index in [1.54, 1.807) is 18.2 Å². The number of hydrogen-bond acceptors (Lipinski definition) is 8. The van der Waals surface area contributed by atoms with Gasteiger partial charge in [0.05, 0.1) is 0 Å². The molecule has 0 radical (unpaired) electrons. The second kappa shape index (κ2) is 8.66. The quantitative estimate of drug-likeness (QED) is 0.572. The Morgan fingerprint density at radius 1 is 0.667 bits per heavy atom. The highest BCUT2D eigenvalue weighted by atomic mass is 16.7. The van der Waals surface area contributed by atoms with Crippen molar-refractivity contribution in [2.45, 2.75) is 40.3 Å². The van der Waals surface area contributed by atoms with Gasteiger partial charge in [0.2, 0.25) is 0 Å². The van der Waals surface area contributed by atoms with E-state index in [-0.39, 0.29) is 0 Å². The topological polar surface area (TPSA) is 105 Å². The van der Waals surface area contributed by atoms with Crippen molar-refractivity contribution < 1.29 is 38.1 Å². The maximum absolute atomic E-state index is 11.2. The Morgan fingerprint density at radius 2 is 0.958 bits per heavy atom. The molecule has 0 fully saturated rings. The minimum absolute atomic E-state index is 0.308. The Bertz CT molecular complexity index is 553. The van der Waals surface area contributed by atoms with E-state index in [0.29, 0.717) is 11.1 Å². The van der Waals surface area contributed by atoms with Crippen molar-refractivity contribution in [3.05, 3.63) is 35.4 Å². The summed E-state index contributed by atoms with van der Waals surface area (Å²) in [6, 6.07) is 6.06. The lowest BCUT2D eigenvalue weighted by Gasteiger charge is -2.20. The van der Waals surface area contributed by atoms with Gasteiger partial charge in [0, 0.05) is 38.8 Å². The van der Waals surface area contributed by atoms with E-state index in [1.807, 2.05) is 0 Å². The van der Waals surface area contributed by atoms with E-state index >= 15 is 0 Å². The number of rotatable bonds is 6. The molecular formula is C16H18O8. The van der Waals surface area contributed by atoms with Crippen molar-refractivity contribution in [3.63, 3.8) is 0 Å². The van der Waals surface area contributed by atoms with E-state index in [9.17, 15) is 19.2 Å². The van der Waals surface area contributed by atoms with Crippen molar-refractivity contribution in [3.8, 4) is 0 Å². The fraction of sp³-hybridized carbons (Fsp3) is 0.375. The molecule has 1 aromatic carbocycles. The van der Waals surface area contributed by atoms with Crippen molar-refractivity contribution in [1.82, 2.24) is 0 Å². The highest BCUT2D eigenvalue weighted by Crippen LogP contribution is 2.26. The second-order valence-electron chi connectivity index (χ2n) is 4.77. The summed E-state index contributed by atoms with van der Waals surface area (Å²) in [5, 5.41) is 0. The zero-order valence-electron chi connectivity index (χ0n) is 13.7. The molecule has 0 aliphatic rings. The van der Waals surface area contributed by atoms with Gasteiger partial charge in [0.15, 0.2) is 0 Å². The Morgan fingerprint density at radius 3 is 1.21 bits per heavy atom. The molecule has 1 rings (SSSR count). The van der Waals surface area contributed by atoms with Gasteiger partial charge in [-0.1, -0.05) is 18.2 Å². The smallest absolute Gasteiger partial charge is 0.305 e. The molecule has 8 nitrogen and oxygen atoms in total. The molecule has 0 saturated carbocycles. The summed E-state index contributed by atoms with van der Waals surface area (Å²) in [6.45, 7) is 4.67. The van der Waals surface area contributed by atoms with Crippen LogP contribution in [0.2, 0.25) is 0 Å². The second-order valence-corrected chi connectivity index (χ2v) is 4.77. The van der Waals surface area contributed by atoms with Gasteiger partial charge < -0.3 is 18.9 Å². The molecule has 0 aliphatic carbocycles. The van der Waals surface area contributed by atoms with Crippen LogP contribution in [0.15, 0.2) is 24.3 Å². The molecule has 0 aliphatic heterocycles. The molecule has 24 heavy (non-hydrogen) atoms. The summed E-state index contributed by atoms with van der Waals surface area (Å²) in [7, 11) is 0. The molecule has 0 bridgehead atoms. The number of benzene rings is 1. The molecule has 0 aromatic heterocycles. The largest absolute Gasteiger partial charge is 0.421 e. The van der Waals surface area contributed by atoms with Crippen LogP contribution in [-0.2, 0) is 38.1 Å². The summed E-state index contributed by atoms with van der Waals surface area (Å²) in [6.07, 6.45) is -2.54. The summed E-state index contributed by atoms with van der Waals surface area (Å²) < 4.78 is 19.8. The molecule has 0 heterocycles. The van der Waals surface area contributed by atoms with Gasteiger partial charge >= 0.3 is 23.9 Å². The molecule has 8 heteroatoms. The molecule has 0 N–H and O–H groups in total. The van der Waals surface area contributed by atoms with Gasteiger partial charge in [0.1, 0.15) is 0 Å². The first-order valence-electron chi connectivity index (χ1n) is 6.97. The number of hydrogen-bond donors (Lipinski definition) is 0. The number of carbonyl (C=O) groups excluding carboxylic acids is 4. The van der Waals surface area contributed by atoms with Gasteiger partial charge in [0.25, 0.3) is 12.6 Å². The zero-order chi connectivity index (χ0) is 18.3. The first kappa shape index (κ1) is 19.1. The van der Waals surface area contributed by atoms with E-state index in [1.165, 1.54) is 33.8 Å². The van der Waals surface area contributed by atoms with Gasteiger partial charge in [-0.15, -0.1) is 0 Å². The van der Waals surface area contributed by atoms with Gasteiger partial charge in [-0.25, -0.2) is 0 Å². The Kier molecular flexibility index (Phi) is 6.91. The maximum atomic E-state index is 11.2. The lowest BCUT2D eigenvalue weighted by atomic mass is 10.1. The average molecular weight is 338 g/mol. The van der Waals surface area contributed by atoms with Crippen LogP contribution in [0.1, 0.15) is 51.4 Å². The molecule has 0 saturated heterocycles. The predicted molar refractivity (Wildman–Crippen MR) is 79.0 cm³/mol. The number of ether oxygens (including phenoxy) is 4. The van der Waals surface area contributed by atoms with E-state index in [0.717, 1.165) is 0 Å². The Balaban J connectivity index is 3.15. The highest BCUT2D eigenvalue weighted by molar-refractivity contribution is 5.69. The normalized spacial score (nSPS) is 10.2. The van der Waals surface area contributed by atoms with Crippen molar-refractivity contribution >= 4 is 23.9 Å². The van der Waals surface area contributed by atoms with E-state index in [2.05, 4.69) is 0 Å². The number of esters is 4. The molecule has 0 amide bonds. The van der Waals surface area contributed by atoms with Gasteiger partial charge in [-0.3, -0.25) is 19.2 Å². The standard InChI is InChI=1S/C16H18O8/c1-9(17)21-15(22-10(2)18)13-6-5-7-14(8-13)16(23-11(3)19)24-12(4)20/h5-8,15-16H,1-4H3. The van der Waals surface area contributed by atoms with Crippen LogP contribution in [-0.4, -0.2) is 23.9 Å². The zero-order valence-corrected chi connectivity index (χ0v) is 13.7. The van der Waals surface area contributed by atoms with Gasteiger partial charge in [-0.2, -0.15) is 0 Å². The molecule has 0 atom stereocenters. The van der Waals surface area contributed by atoms with Crippen molar-refractivity contribution in [2.24, 2.45) is 0 Å². The lowest BCUT2D eigenvalue weighted by Crippen LogP contribution is -2.17. The van der Waals surface area contributed by atoms with Crippen LogP contribution >= 0.6 is 0 Å². The first-order chi connectivity index (χ1) is 11.2. The van der Waals surface area contributed by atoms with Crippen molar-refractivity contribution in [2.75, 3.05) is 0 Å². The average Bonchev–Trinajstić information content (AvgIpc) is 2.44. The fourth-order valence-corrected chi connectivity index (χ4v) is 1.78. The summed E-state index contributed by atoms with van der Waals surface area (Å²) >= 11 is 0. The summed E-state index contributed by atoms with van der Waals surface area (Å²) in [4.78, 5) is 44.7. The monoisotopic (exact) mass is 338 g/mol. The van der Waals surface area contributed by atoms with Crippen LogP contribution in [0, 0.1) is 0 Å². The fourth-order valence-electron chi connectivity index (χ4n) is 1.78. The third-order valence-electron chi connectivity index (χ3n) is 2.55. The third kappa shape index (κ3) is 6.47. The predicted octanol–water partition coefficient (Wildman–Crippen LogP) is 1.94. The minimum atomic E-state index is -1.27. The Hall–Kier alpha value is -2.90. The van der Waals surface area contributed by atoms with E-state index in [4.69, 9.17) is 18.9 Å². The summed E-state index contributed by atoms with van der Waals surface area (Å²) in [5.74, 6) is -2.60. The maximum Gasteiger partial charge on any atom is 0.305 e. The molecule has 0 spiro atoms. The van der Waals surface area contributed by atoms with E-state index < -0.39 is 36.5 Å². The number of carbonyl (C=O) groups is 4. The molecular weight excluding hydrogens is 320 g/mol.